The number of ether oxygens (including phenoxy) is 1. The molecule has 1 aliphatic rings. The Morgan fingerprint density at radius 1 is 1.36 bits per heavy atom. The van der Waals surface area contributed by atoms with Gasteiger partial charge in [0.2, 0.25) is 5.91 Å². The number of nitrogens with one attached hydrogen (secondary N) is 3. The Morgan fingerprint density at radius 2 is 2.04 bits per heavy atom. The van der Waals surface area contributed by atoms with E-state index in [-0.39, 0.29) is 28.3 Å². The van der Waals surface area contributed by atoms with Gasteiger partial charge in [0.1, 0.15) is 5.82 Å². The van der Waals surface area contributed by atoms with Crippen LogP contribution in [0, 0.1) is 5.82 Å². The lowest BCUT2D eigenvalue weighted by Crippen LogP contribution is -2.48. The van der Waals surface area contributed by atoms with Gasteiger partial charge in [-0.05, 0) is 44.3 Å². The number of anilines is 1. The minimum absolute atomic E-state index is 0.00852. The zero-order valence-corrected chi connectivity index (χ0v) is 15.7. The molecule has 138 valence electrons. The van der Waals surface area contributed by atoms with Crippen molar-refractivity contribution in [3.05, 3.63) is 29.0 Å². The van der Waals surface area contributed by atoms with Crippen LogP contribution in [-0.4, -0.2) is 47.8 Å². The summed E-state index contributed by atoms with van der Waals surface area (Å²) in [7, 11) is 0. The number of thiocarbonyl (C=S) groups is 1. The van der Waals surface area contributed by atoms with Gasteiger partial charge >= 0.3 is 0 Å². The topological polar surface area (TPSA) is 65.6 Å². The Bertz CT molecular complexity index is 624. The average molecular weight is 389 g/mol. The molecule has 0 unspecified atom stereocenters. The van der Waals surface area contributed by atoms with Gasteiger partial charge in [-0.15, -0.1) is 0 Å². The van der Waals surface area contributed by atoms with Crippen LogP contribution in [-0.2, 0) is 9.53 Å². The summed E-state index contributed by atoms with van der Waals surface area (Å²) in [5.41, 5.74) is 5.67. The summed E-state index contributed by atoms with van der Waals surface area (Å²) in [6.45, 7) is 6.33. The summed E-state index contributed by atoms with van der Waals surface area (Å²) in [6, 6.07) is 4.14. The number of carbonyl (C=O) groups excluding carboxylic acids is 1. The van der Waals surface area contributed by atoms with Crippen molar-refractivity contribution in [2.24, 2.45) is 0 Å². The maximum absolute atomic E-state index is 13.1. The molecule has 1 fully saturated rings. The molecule has 1 amide bonds. The summed E-state index contributed by atoms with van der Waals surface area (Å²) in [5.74, 6) is -0.681. The fraction of sp³-hybridized carbons (Fsp3) is 0.500. The van der Waals surface area contributed by atoms with E-state index >= 15 is 0 Å². The van der Waals surface area contributed by atoms with Crippen molar-refractivity contribution < 1.29 is 13.9 Å². The smallest absolute Gasteiger partial charge is 0.239 e. The van der Waals surface area contributed by atoms with Gasteiger partial charge in [-0.2, -0.15) is 0 Å². The lowest BCUT2D eigenvalue weighted by molar-refractivity contribution is -0.123. The first-order valence-corrected chi connectivity index (χ1v) is 8.81. The van der Waals surface area contributed by atoms with Crippen molar-refractivity contribution in [2.75, 3.05) is 25.0 Å². The highest BCUT2D eigenvalue weighted by Crippen LogP contribution is 2.19. The molecule has 25 heavy (non-hydrogen) atoms. The lowest BCUT2D eigenvalue weighted by atomic mass is 10.2. The maximum Gasteiger partial charge on any atom is 0.239 e. The number of carbonyl (C=O) groups is 1. The zero-order valence-electron chi connectivity index (χ0n) is 14.1. The fourth-order valence-electron chi connectivity index (χ4n) is 2.65. The van der Waals surface area contributed by atoms with E-state index in [0.717, 1.165) is 13.1 Å². The first-order valence-electron chi connectivity index (χ1n) is 8.02. The van der Waals surface area contributed by atoms with Crippen LogP contribution in [0.4, 0.5) is 10.1 Å². The Balaban J connectivity index is 1.68. The van der Waals surface area contributed by atoms with Crippen LogP contribution >= 0.6 is 23.8 Å². The van der Waals surface area contributed by atoms with Gasteiger partial charge in [-0.1, -0.05) is 11.6 Å². The standard InChI is InChI=1S/C16H22ClFN4O2S/c1-10-8-22(9-11(2)24-10)6-5-15(23)20-21-16(25)19-12-3-4-14(18)13(17)7-12/h3-4,7,10-11H,5-6,8-9H2,1-2H3,(H,20,23)(H2,19,21,25)/t10-,11-/m1/s1. The molecule has 3 N–H and O–H groups in total. The van der Waals surface area contributed by atoms with Crippen molar-refractivity contribution in [3.63, 3.8) is 0 Å². The summed E-state index contributed by atoms with van der Waals surface area (Å²) < 4.78 is 18.8. The molecule has 0 aromatic heterocycles. The van der Waals surface area contributed by atoms with Crippen LogP contribution in [0.2, 0.25) is 5.02 Å². The largest absolute Gasteiger partial charge is 0.373 e. The summed E-state index contributed by atoms with van der Waals surface area (Å²) >= 11 is 10.8. The van der Waals surface area contributed by atoms with Gasteiger partial charge in [0.25, 0.3) is 0 Å². The number of amides is 1. The molecule has 2 rings (SSSR count). The summed E-state index contributed by atoms with van der Waals surface area (Å²) in [6.07, 6.45) is 0.686. The molecule has 0 bridgehead atoms. The maximum atomic E-state index is 13.1. The van der Waals surface area contributed by atoms with Crippen LogP contribution in [0.3, 0.4) is 0 Å². The van der Waals surface area contributed by atoms with Crippen LogP contribution in [0.25, 0.3) is 0 Å². The van der Waals surface area contributed by atoms with Crippen LogP contribution < -0.4 is 16.2 Å². The highest BCUT2D eigenvalue weighted by molar-refractivity contribution is 7.80. The molecule has 1 aromatic rings. The van der Waals surface area contributed by atoms with Gasteiger partial charge in [0.15, 0.2) is 5.11 Å². The predicted molar refractivity (Wildman–Crippen MR) is 100.0 cm³/mol. The Morgan fingerprint density at radius 3 is 2.68 bits per heavy atom. The lowest BCUT2D eigenvalue weighted by Gasteiger charge is -2.35. The minimum Gasteiger partial charge on any atom is -0.373 e. The second-order valence-corrected chi connectivity index (χ2v) is 6.84. The minimum atomic E-state index is -0.508. The Kier molecular flexibility index (Phi) is 7.37. The number of hydrazine groups is 1. The Hall–Kier alpha value is -1.48. The van der Waals surface area contributed by atoms with E-state index in [1.165, 1.54) is 18.2 Å². The third kappa shape index (κ3) is 6.74. The highest BCUT2D eigenvalue weighted by Gasteiger charge is 2.22. The fourth-order valence-corrected chi connectivity index (χ4v) is 3.00. The van der Waals surface area contributed by atoms with E-state index in [0.29, 0.717) is 18.7 Å². The third-order valence-corrected chi connectivity index (χ3v) is 4.14. The number of benzene rings is 1. The molecule has 0 aliphatic carbocycles. The van der Waals surface area contributed by atoms with E-state index in [1.807, 2.05) is 13.8 Å². The van der Waals surface area contributed by atoms with E-state index in [2.05, 4.69) is 21.1 Å². The molecule has 2 atom stereocenters. The van der Waals surface area contributed by atoms with Gasteiger partial charge in [-0.25, -0.2) is 4.39 Å². The van der Waals surface area contributed by atoms with E-state index in [1.54, 1.807) is 0 Å². The zero-order chi connectivity index (χ0) is 18.4. The molecule has 1 saturated heterocycles. The Labute approximate surface area is 157 Å². The number of hydrogen-bond acceptors (Lipinski definition) is 4. The van der Waals surface area contributed by atoms with Crippen LogP contribution in [0.1, 0.15) is 20.3 Å². The highest BCUT2D eigenvalue weighted by atomic mass is 35.5. The van der Waals surface area contributed by atoms with Gasteiger partial charge in [0, 0.05) is 31.7 Å². The molecule has 0 spiro atoms. The van der Waals surface area contributed by atoms with Crippen molar-refractivity contribution in [1.29, 1.82) is 0 Å². The van der Waals surface area contributed by atoms with Crippen molar-refractivity contribution >= 4 is 40.5 Å². The number of halogens is 2. The van der Waals surface area contributed by atoms with Gasteiger partial charge in [-0.3, -0.25) is 20.5 Å². The second-order valence-electron chi connectivity index (χ2n) is 6.02. The first-order chi connectivity index (χ1) is 11.8. The predicted octanol–water partition coefficient (Wildman–Crippen LogP) is 2.30. The van der Waals surface area contributed by atoms with Gasteiger partial charge < -0.3 is 10.1 Å². The number of hydrogen-bond donors (Lipinski definition) is 3. The monoisotopic (exact) mass is 388 g/mol. The molecular formula is C16H22ClFN4O2S. The van der Waals surface area contributed by atoms with Crippen LogP contribution in [0.5, 0.6) is 0 Å². The molecule has 9 heteroatoms. The van der Waals surface area contributed by atoms with Gasteiger partial charge in [0.05, 0.1) is 17.2 Å². The summed E-state index contributed by atoms with van der Waals surface area (Å²) in [5, 5.41) is 2.99. The number of rotatable bonds is 4. The molecule has 6 nitrogen and oxygen atoms in total. The summed E-state index contributed by atoms with van der Waals surface area (Å²) in [4.78, 5) is 14.1. The average Bonchev–Trinajstić information content (AvgIpc) is 2.53. The third-order valence-electron chi connectivity index (χ3n) is 3.64. The molecule has 0 radical (unpaired) electrons. The van der Waals surface area contributed by atoms with E-state index < -0.39 is 5.82 Å². The SMILES string of the molecule is C[C@@H]1CN(CCC(=O)NNC(=S)Nc2ccc(F)c(Cl)c2)C[C@@H](C)O1. The second kappa shape index (κ2) is 9.28. The first kappa shape index (κ1) is 19.8. The van der Waals surface area contributed by atoms with Crippen molar-refractivity contribution in [1.82, 2.24) is 15.8 Å². The molecule has 0 saturated carbocycles. The molecular weight excluding hydrogens is 367 g/mol. The van der Waals surface area contributed by atoms with Crippen molar-refractivity contribution in [2.45, 2.75) is 32.5 Å². The molecule has 1 aliphatic heterocycles. The van der Waals surface area contributed by atoms with Crippen molar-refractivity contribution in [3.8, 4) is 0 Å². The molecule has 1 heterocycles. The van der Waals surface area contributed by atoms with Crippen LogP contribution in [0.15, 0.2) is 18.2 Å². The molecule has 1 aromatic carbocycles. The number of morpholine rings is 1. The van der Waals surface area contributed by atoms with E-state index in [9.17, 15) is 9.18 Å². The quantitative estimate of drug-likeness (QED) is 0.543. The van der Waals surface area contributed by atoms with E-state index in [4.69, 9.17) is 28.6 Å². The number of nitrogens with zero attached hydrogens (tertiary/aromatic N) is 1. The normalized spacial score (nSPS) is 20.8.